The smallest absolute Gasteiger partial charge is 0.128 e. The summed E-state index contributed by atoms with van der Waals surface area (Å²) in [4.78, 5) is 0. The van der Waals surface area contributed by atoms with Gasteiger partial charge in [0.05, 0.1) is 0 Å². The minimum absolute atomic E-state index is 0.213. The van der Waals surface area contributed by atoms with Crippen molar-refractivity contribution in [2.24, 2.45) is 0 Å². The highest BCUT2D eigenvalue weighted by Crippen LogP contribution is 2.22. The second-order valence-corrected chi connectivity index (χ2v) is 5.78. The fourth-order valence-corrected chi connectivity index (χ4v) is 1.80. The zero-order chi connectivity index (χ0) is 12.2. The number of halogens is 1. The van der Waals surface area contributed by atoms with Crippen LogP contribution >= 0.6 is 11.6 Å². The fourth-order valence-electron chi connectivity index (χ4n) is 1.65. The van der Waals surface area contributed by atoms with Gasteiger partial charge in [0.2, 0.25) is 0 Å². The van der Waals surface area contributed by atoms with Crippen LogP contribution in [0.15, 0.2) is 24.3 Å². The summed E-state index contributed by atoms with van der Waals surface area (Å²) < 4.78 is 0. The molecule has 0 saturated carbocycles. The molecular formula is C14H21ClO. The summed E-state index contributed by atoms with van der Waals surface area (Å²) in [6.07, 6.45) is 2.57. The lowest BCUT2D eigenvalue weighted by Crippen LogP contribution is -2.10. The predicted octanol–water partition coefficient (Wildman–Crippen LogP) is 3.86. The number of hydrogen-bond donors (Lipinski definition) is 1. The molecule has 2 heteroatoms. The third-order valence-corrected chi connectivity index (χ3v) is 2.95. The molecule has 1 atom stereocenters. The summed E-state index contributed by atoms with van der Waals surface area (Å²) >= 11 is 5.48. The Morgan fingerprint density at radius 2 is 1.75 bits per heavy atom. The van der Waals surface area contributed by atoms with Gasteiger partial charge in [0.1, 0.15) is 5.56 Å². The second-order valence-electron chi connectivity index (χ2n) is 5.27. The van der Waals surface area contributed by atoms with E-state index in [0.29, 0.717) is 6.42 Å². The highest BCUT2D eigenvalue weighted by atomic mass is 35.5. The van der Waals surface area contributed by atoms with Crippen molar-refractivity contribution in [2.45, 2.75) is 51.0 Å². The Hall–Kier alpha value is -0.530. The SMILES string of the molecule is CC(C)(C)c1ccc(CCCC(O)Cl)cc1. The lowest BCUT2D eigenvalue weighted by Gasteiger charge is -2.19. The Bertz CT molecular complexity index is 309. The van der Waals surface area contributed by atoms with E-state index in [4.69, 9.17) is 16.7 Å². The molecule has 0 aromatic heterocycles. The van der Waals surface area contributed by atoms with Crippen molar-refractivity contribution < 1.29 is 5.11 Å². The Kier molecular flexibility index (Phi) is 4.82. The van der Waals surface area contributed by atoms with Crippen LogP contribution in [0.1, 0.15) is 44.7 Å². The van der Waals surface area contributed by atoms with Crippen molar-refractivity contribution >= 4 is 11.6 Å². The van der Waals surface area contributed by atoms with Crippen LogP contribution < -0.4 is 0 Å². The average molecular weight is 241 g/mol. The van der Waals surface area contributed by atoms with E-state index in [0.717, 1.165) is 12.8 Å². The first-order valence-corrected chi connectivity index (χ1v) is 6.25. The molecule has 90 valence electrons. The summed E-state index contributed by atoms with van der Waals surface area (Å²) in [5.74, 6) is 0. The van der Waals surface area contributed by atoms with Crippen LogP contribution in [0.5, 0.6) is 0 Å². The molecule has 0 aliphatic carbocycles. The summed E-state index contributed by atoms with van der Waals surface area (Å²) in [6.45, 7) is 6.64. The van der Waals surface area contributed by atoms with Gasteiger partial charge in [0.25, 0.3) is 0 Å². The molecule has 1 aromatic rings. The lowest BCUT2D eigenvalue weighted by atomic mass is 9.86. The van der Waals surface area contributed by atoms with Crippen molar-refractivity contribution in [2.75, 3.05) is 0 Å². The molecule has 1 nitrogen and oxygen atoms in total. The molecule has 0 saturated heterocycles. The summed E-state index contributed by atoms with van der Waals surface area (Å²) in [5.41, 5.74) is 2.18. The molecule has 1 N–H and O–H groups in total. The minimum Gasteiger partial charge on any atom is -0.378 e. The van der Waals surface area contributed by atoms with E-state index in [1.807, 2.05) is 0 Å². The van der Waals surface area contributed by atoms with Crippen molar-refractivity contribution in [1.82, 2.24) is 0 Å². The largest absolute Gasteiger partial charge is 0.378 e. The van der Waals surface area contributed by atoms with Crippen molar-refractivity contribution in [3.05, 3.63) is 35.4 Å². The van der Waals surface area contributed by atoms with Gasteiger partial charge in [-0.25, -0.2) is 0 Å². The molecule has 1 rings (SSSR count). The first-order valence-electron chi connectivity index (χ1n) is 5.81. The monoisotopic (exact) mass is 240 g/mol. The quantitative estimate of drug-likeness (QED) is 0.793. The zero-order valence-corrected chi connectivity index (χ0v) is 11.1. The third-order valence-electron chi connectivity index (χ3n) is 2.73. The van der Waals surface area contributed by atoms with Crippen LogP contribution in [-0.4, -0.2) is 10.7 Å². The van der Waals surface area contributed by atoms with Gasteiger partial charge in [-0.15, -0.1) is 0 Å². The number of aryl methyl sites for hydroxylation is 1. The molecule has 1 aromatic carbocycles. The average Bonchev–Trinajstić information content (AvgIpc) is 2.16. The molecule has 0 fully saturated rings. The first kappa shape index (κ1) is 13.5. The molecule has 0 bridgehead atoms. The second kappa shape index (κ2) is 5.70. The van der Waals surface area contributed by atoms with E-state index < -0.39 is 5.56 Å². The summed E-state index contributed by atoms with van der Waals surface area (Å²) in [6, 6.07) is 8.71. The van der Waals surface area contributed by atoms with Crippen molar-refractivity contribution in [3.8, 4) is 0 Å². The Morgan fingerprint density at radius 1 is 1.19 bits per heavy atom. The first-order chi connectivity index (χ1) is 7.39. The molecule has 16 heavy (non-hydrogen) atoms. The van der Waals surface area contributed by atoms with Gasteiger partial charge in [-0.3, -0.25) is 0 Å². The van der Waals surface area contributed by atoms with Gasteiger partial charge < -0.3 is 5.11 Å². The topological polar surface area (TPSA) is 20.2 Å². The highest BCUT2D eigenvalue weighted by Gasteiger charge is 2.12. The predicted molar refractivity (Wildman–Crippen MR) is 69.9 cm³/mol. The Labute approximate surface area is 103 Å². The number of alkyl halides is 1. The van der Waals surface area contributed by atoms with E-state index in [1.165, 1.54) is 11.1 Å². The van der Waals surface area contributed by atoms with Crippen LogP contribution in [-0.2, 0) is 11.8 Å². The van der Waals surface area contributed by atoms with Crippen LogP contribution in [0.4, 0.5) is 0 Å². The maximum absolute atomic E-state index is 8.95. The molecule has 1 unspecified atom stereocenters. The Morgan fingerprint density at radius 3 is 2.19 bits per heavy atom. The number of aliphatic hydroxyl groups excluding tert-OH is 1. The van der Waals surface area contributed by atoms with Gasteiger partial charge in [0, 0.05) is 0 Å². The van der Waals surface area contributed by atoms with Gasteiger partial charge in [-0.05, 0) is 35.8 Å². The number of hydrogen-bond acceptors (Lipinski definition) is 1. The van der Waals surface area contributed by atoms with E-state index in [-0.39, 0.29) is 5.41 Å². The van der Waals surface area contributed by atoms with Gasteiger partial charge in [-0.2, -0.15) is 0 Å². The van der Waals surface area contributed by atoms with E-state index in [2.05, 4.69) is 45.0 Å². The van der Waals surface area contributed by atoms with Crippen LogP contribution in [0.3, 0.4) is 0 Å². The molecule has 0 heterocycles. The van der Waals surface area contributed by atoms with Crippen LogP contribution in [0, 0.1) is 0 Å². The molecule has 0 amide bonds. The molecule has 0 aliphatic rings. The third kappa shape index (κ3) is 4.54. The highest BCUT2D eigenvalue weighted by molar-refractivity contribution is 6.19. The minimum atomic E-state index is -0.700. The van der Waals surface area contributed by atoms with Crippen LogP contribution in [0.2, 0.25) is 0 Å². The van der Waals surface area contributed by atoms with E-state index >= 15 is 0 Å². The maximum Gasteiger partial charge on any atom is 0.128 e. The van der Waals surface area contributed by atoms with Crippen LogP contribution in [0.25, 0.3) is 0 Å². The Balaban J connectivity index is 2.52. The number of aliphatic hydroxyl groups is 1. The fraction of sp³-hybridized carbons (Fsp3) is 0.571. The van der Waals surface area contributed by atoms with Gasteiger partial charge >= 0.3 is 0 Å². The van der Waals surface area contributed by atoms with E-state index in [9.17, 15) is 0 Å². The molecular weight excluding hydrogens is 220 g/mol. The molecule has 0 radical (unpaired) electrons. The molecule has 0 spiro atoms. The maximum atomic E-state index is 8.95. The van der Waals surface area contributed by atoms with Gasteiger partial charge in [0.15, 0.2) is 0 Å². The van der Waals surface area contributed by atoms with E-state index in [1.54, 1.807) is 0 Å². The normalized spacial score (nSPS) is 13.8. The zero-order valence-electron chi connectivity index (χ0n) is 10.3. The van der Waals surface area contributed by atoms with Crippen molar-refractivity contribution in [3.63, 3.8) is 0 Å². The summed E-state index contributed by atoms with van der Waals surface area (Å²) in [7, 11) is 0. The number of rotatable bonds is 4. The lowest BCUT2D eigenvalue weighted by molar-refractivity contribution is 0.242. The number of benzene rings is 1. The van der Waals surface area contributed by atoms with Gasteiger partial charge in [-0.1, -0.05) is 56.6 Å². The molecule has 0 aliphatic heterocycles. The van der Waals surface area contributed by atoms with Crippen molar-refractivity contribution in [1.29, 1.82) is 0 Å². The summed E-state index contributed by atoms with van der Waals surface area (Å²) in [5, 5.41) is 8.95. The standard InChI is InChI=1S/C14H21ClO/c1-14(2,3)12-9-7-11(8-10-12)5-4-6-13(15)16/h7-10,13,16H,4-6H2,1-3H3.